The number of halogens is 12. The first-order chi connectivity index (χ1) is 9.77. The summed E-state index contributed by atoms with van der Waals surface area (Å²) in [6.07, 6.45) is -20.9. The minimum absolute atomic E-state index is 0. The molecular weight excluding hydrogens is 413 g/mol. The number of carbonyl (C=O) groups is 1. The second-order valence-electron chi connectivity index (χ2n) is 3.96. The van der Waals surface area contributed by atoms with E-state index in [0.717, 1.165) is 0 Å². The Labute approximate surface area is 165 Å². The molecule has 1 fully saturated rings. The smallest absolute Gasteiger partial charge is 0.545 e. The van der Waals surface area contributed by atoms with E-state index in [4.69, 9.17) is 0 Å². The molecule has 1 unspecified atom stereocenters. The second kappa shape index (κ2) is 6.12. The number of hydrogen-bond donors (Lipinski definition) is 0. The molecule has 0 bridgehead atoms. The minimum atomic E-state index is -7.30. The van der Waals surface area contributed by atoms with E-state index in [-0.39, 0.29) is 51.4 Å². The molecule has 1 heterocycles. The van der Waals surface area contributed by atoms with Crippen LogP contribution in [0.3, 0.4) is 0 Å². The van der Waals surface area contributed by atoms with Gasteiger partial charge < -0.3 is 9.90 Å². The Morgan fingerprint density at radius 3 is 1.33 bits per heavy atom. The zero-order chi connectivity index (χ0) is 18.9. The molecule has 24 heavy (non-hydrogen) atoms. The molecule has 4 nitrogen and oxygen atoms in total. The molecule has 0 saturated carbocycles. The first-order valence-electron chi connectivity index (χ1n) is 4.76. The van der Waals surface area contributed by atoms with Crippen LogP contribution in [0.2, 0.25) is 0 Å². The summed E-state index contributed by atoms with van der Waals surface area (Å²) >= 11 is 0. The Morgan fingerprint density at radius 2 is 1.12 bits per heavy atom. The largest absolute Gasteiger partial charge is 1.00 e. The average Bonchev–Trinajstić information content (AvgIpc) is 2.22. The summed E-state index contributed by atoms with van der Waals surface area (Å²) in [6.45, 7) is 0. The number of carboxylic acid groups (broad SMARTS) is 1. The van der Waals surface area contributed by atoms with Gasteiger partial charge >= 0.3 is 87.7 Å². The quantitative estimate of drug-likeness (QED) is 0.320. The molecule has 0 aromatic heterocycles. The molecule has 1 rings (SSSR count). The number of carbonyl (C=O) groups excluding carboxylic acids is 1. The van der Waals surface area contributed by atoms with Crippen LogP contribution < -0.4 is 56.5 Å². The maximum Gasteiger partial charge on any atom is 1.00 e. The van der Waals surface area contributed by atoms with Gasteiger partial charge in [-0.2, -0.15) is 48.3 Å². The molecular formula is C7F12KNO3. The van der Waals surface area contributed by atoms with Crippen LogP contribution in [-0.2, 0) is 9.53 Å². The molecule has 0 N–H and O–H groups in total. The Balaban J connectivity index is 0.00000529. The van der Waals surface area contributed by atoms with Crippen LogP contribution in [0.1, 0.15) is 0 Å². The van der Waals surface area contributed by atoms with E-state index in [2.05, 4.69) is 0 Å². The van der Waals surface area contributed by atoms with Crippen LogP contribution in [0, 0.1) is 0 Å². The molecule has 0 spiro atoms. The summed E-state index contributed by atoms with van der Waals surface area (Å²) in [7, 11) is 0. The molecule has 0 aliphatic carbocycles. The second-order valence-corrected chi connectivity index (χ2v) is 3.96. The van der Waals surface area contributed by atoms with Crippen molar-refractivity contribution >= 4 is 5.97 Å². The van der Waals surface area contributed by atoms with Gasteiger partial charge in [0.2, 0.25) is 0 Å². The number of carboxylic acids is 1. The van der Waals surface area contributed by atoms with Crippen molar-refractivity contribution in [1.29, 1.82) is 0 Å². The number of morpholine rings is 1. The predicted molar refractivity (Wildman–Crippen MR) is 37.6 cm³/mol. The minimum Gasteiger partial charge on any atom is -0.545 e. The van der Waals surface area contributed by atoms with Gasteiger partial charge in [0, 0.05) is 0 Å². The van der Waals surface area contributed by atoms with Crippen molar-refractivity contribution in [3.05, 3.63) is 0 Å². The fraction of sp³-hybridized carbons (Fsp3) is 0.857. The number of hydrogen-bond acceptors (Lipinski definition) is 4. The monoisotopic (exact) mass is 413 g/mol. The van der Waals surface area contributed by atoms with E-state index in [9.17, 15) is 62.6 Å². The van der Waals surface area contributed by atoms with Gasteiger partial charge in [-0.1, -0.05) is 0 Å². The molecule has 0 aromatic carbocycles. The van der Waals surface area contributed by atoms with E-state index in [0.29, 0.717) is 0 Å². The summed E-state index contributed by atoms with van der Waals surface area (Å²) < 4.78 is 155. The maximum atomic E-state index is 13.4. The fourth-order valence-corrected chi connectivity index (χ4v) is 1.44. The van der Waals surface area contributed by atoms with Crippen molar-refractivity contribution in [2.45, 2.75) is 36.3 Å². The SMILES string of the molecule is O=C([O-])C(F)(N1C(F)(F)C(F)(F)OC(F)(F)C1(F)F)C(F)(F)F.[K+]. The van der Waals surface area contributed by atoms with E-state index in [1.54, 1.807) is 4.74 Å². The fourth-order valence-electron chi connectivity index (χ4n) is 1.44. The van der Waals surface area contributed by atoms with Crippen molar-refractivity contribution in [2.75, 3.05) is 0 Å². The standard InChI is InChI=1S/C7HF12NO3.K/c8-2(1(21)22,3(9,10)11)20-4(12,13)6(16,17)23-7(18,19)5(20,14)15;/h(H,21,22);/q;+1/p-1. The molecule has 0 aromatic rings. The van der Waals surface area contributed by atoms with Gasteiger partial charge in [-0.15, -0.1) is 4.90 Å². The predicted octanol–water partition coefficient (Wildman–Crippen LogP) is -1.33. The number of nitrogens with zero attached hydrogens (tertiary/aromatic N) is 1. The van der Waals surface area contributed by atoms with Crippen molar-refractivity contribution in [3.8, 4) is 0 Å². The van der Waals surface area contributed by atoms with E-state index >= 15 is 0 Å². The summed E-state index contributed by atoms with van der Waals surface area (Å²) in [5, 5.41) is 10.1. The average molecular weight is 413 g/mol. The van der Waals surface area contributed by atoms with Gasteiger partial charge in [-0.3, -0.25) is 0 Å². The molecule has 1 aliphatic heterocycles. The number of rotatable bonds is 2. The summed E-state index contributed by atoms with van der Waals surface area (Å²) in [5.74, 6) is -11.6. The van der Waals surface area contributed by atoms with Crippen LogP contribution in [0.5, 0.6) is 0 Å². The Bertz CT molecular complexity index is 495. The summed E-state index contributed by atoms with van der Waals surface area (Å²) in [5.41, 5.74) is 0. The zero-order valence-electron chi connectivity index (χ0n) is 10.7. The molecule has 0 radical (unpaired) electrons. The van der Waals surface area contributed by atoms with Gasteiger partial charge in [0.05, 0.1) is 0 Å². The third-order valence-electron chi connectivity index (χ3n) is 2.47. The molecule has 1 aliphatic rings. The first-order valence-corrected chi connectivity index (χ1v) is 4.76. The van der Waals surface area contributed by atoms with Gasteiger partial charge in [0.1, 0.15) is 5.97 Å². The topological polar surface area (TPSA) is 52.6 Å². The van der Waals surface area contributed by atoms with Crippen molar-refractivity contribution in [1.82, 2.24) is 4.90 Å². The van der Waals surface area contributed by atoms with E-state index < -0.39 is 47.1 Å². The van der Waals surface area contributed by atoms with Crippen molar-refractivity contribution in [2.24, 2.45) is 0 Å². The Hall–Kier alpha value is 0.186. The summed E-state index contributed by atoms with van der Waals surface area (Å²) in [4.78, 5) is 6.29. The van der Waals surface area contributed by atoms with Crippen molar-refractivity contribution in [3.63, 3.8) is 0 Å². The first kappa shape index (κ1) is 24.2. The Morgan fingerprint density at radius 1 is 0.833 bits per heavy atom. The van der Waals surface area contributed by atoms with Crippen LogP contribution in [0.4, 0.5) is 52.7 Å². The molecule has 136 valence electrons. The zero-order valence-corrected chi connectivity index (χ0v) is 13.8. The third kappa shape index (κ3) is 3.05. The van der Waals surface area contributed by atoms with E-state index in [1.807, 2.05) is 0 Å². The van der Waals surface area contributed by atoms with Crippen LogP contribution in [0.15, 0.2) is 0 Å². The van der Waals surface area contributed by atoms with Crippen LogP contribution in [-0.4, -0.2) is 47.1 Å². The van der Waals surface area contributed by atoms with Gasteiger partial charge in [-0.25, -0.2) is 9.13 Å². The van der Waals surface area contributed by atoms with Gasteiger partial charge in [-0.05, 0) is 0 Å². The molecule has 0 amide bonds. The number of aliphatic carboxylic acids is 1. The van der Waals surface area contributed by atoms with Gasteiger partial charge in [0.15, 0.2) is 0 Å². The van der Waals surface area contributed by atoms with Crippen molar-refractivity contribution < 1.29 is 119 Å². The number of alkyl halides is 12. The normalized spacial score (nSPS) is 27.7. The molecule has 1 atom stereocenters. The maximum absolute atomic E-state index is 13.4. The third-order valence-corrected chi connectivity index (χ3v) is 2.47. The molecule has 17 heteroatoms. The van der Waals surface area contributed by atoms with Crippen LogP contribution >= 0.6 is 0 Å². The summed E-state index contributed by atoms with van der Waals surface area (Å²) in [6, 6.07) is -14.3. The number of ether oxygens (including phenoxy) is 1. The van der Waals surface area contributed by atoms with E-state index in [1.165, 1.54) is 0 Å². The Kier molecular flexibility index (Phi) is 6.17. The van der Waals surface area contributed by atoms with Gasteiger partial charge in [0.25, 0.3) is 0 Å². The van der Waals surface area contributed by atoms with Crippen LogP contribution in [0.25, 0.3) is 0 Å². The molecule has 1 saturated heterocycles.